The molecule has 1 aromatic rings. The predicted molar refractivity (Wildman–Crippen MR) is 64.3 cm³/mol. The number of aliphatic hydroxyl groups excluding tert-OH is 1. The third kappa shape index (κ3) is 3.35. The van der Waals surface area contributed by atoms with Gasteiger partial charge in [-0.25, -0.2) is 8.42 Å². The lowest BCUT2D eigenvalue weighted by Crippen LogP contribution is -1.97. The summed E-state index contributed by atoms with van der Waals surface area (Å²) in [5.41, 5.74) is 0.433. The Morgan fingerprint density at radius 2 is 2.00 bits per heavy atom. The molecule has 7 heteroatoms. The zero-order valence-corrected chi connectivity index (χ0v) is 11.3. The zero-order chi connectivity index (χ0) is 12.3. The molecule has 2 N–H and O–H groups in total. The van der Waals surface area contributed by atoms with Crippen LogP contribution in [0.15, 0.2) is 21.5 Å². The van der Waals surface area contributed by atoms with Gasteiger partial charge in [0.1, 0.15) is 10.6 Å². The lowest BCUT2D eigenvalue weighted by atomic mass is 10.1. The average molecular weight is 330 g/mol. The largest absolute Gasteiger partial charge is 0.506 e. The average Bonchev–Trinajstić information content (AvgIpc) is 2.17. The molecule has 0 atom stereocenters. The van der Waals surface area contributed by atoms with Gasteiger partial charge in [0, 0.05) is 21.8 Å². The van der Waals surface area contributed by atoms with E-state index in [9.17, 15) is 13.5 Å². The van der Waals surface area contributed by atoms with Crippen molar-refractivity contribution in [3.05, 3.63) is 22.2 Å². The van der Waals surface area contributed by atoms with Crippen LogP contribution in [0, 0.1) is 0 Å². The fourth-order valence-corrected chi connectivity index (χ4v) is 2.91. The number of halogens is 2. The quantitative estimate of drug-likeness (QED) is 0.829. The number of hydrogen-bond acceptors (Lipinski definition) is 4. The van der Waals surface area contributed by atoms with Crippen molar-refractivity contribution < 1.29 is 18.6 Å². The van der Waals surface area contributed by atoms with Crippen molar-refractivity contribution in [3.63, 3.8) is 0 Å². The van der Waals surface area contributed by atoms with Crippen molar-refractivity contribution in [3.8, 4) is 5.75 Å². The molecular weight excluding hydrogens is 320 g/mol. The van der Waals surface area contributed by atoms with E-state index in [1.807, 2.05) is 0 Å². The number of phenolic OH excluding ortho intramolecular Hbond substituents is 1. The van der Waals surface area contributed by atoms with Crippen LogP contribution >= 0.6 is 26.6 Å². The van der Waals surface area contributed by atoms with Crippen LogP contribution in [0.5, 0.6) is 5.75 Å². The summed E-state index contributed by atoms with van der Waals surface area (Å²) >= 11 is 3.13. The molecule has 0 aromatic heterocycles. The van der Waals surface area contributed by atoms with Crippen molar-refractivity contribution in [2.24, 2.45) is 0 Å². The molecule has 0 aliphatic heterocycles. The first kappa shape index (κ1) is 13.8. The molecule has 0 fully saturated rings. The van der Waals surface area contributed by atoms with Gasteiger partial charge in [-0.05, 0) is 30.5 Å². The highest BCUT2D eigenvalue weighted by Crippen LogP contribution is 2.33. The van der Waals surface area contributed by atoms with Crippen molar-refractivity contribution in [2.75, 3.05) is 6.61 Å². The van der Waals surface area contributed by atoms with Crippen molar-refractivity contribution in [2.45, 2.75) is 17.7 Å². The monoisotopic (exact) mass is 328 g/mol. The normalized spacial score (nSPS) is 11.7. The van der Waals surface area contributed by atoms with Crippen LogP contribution in [0.3, 0.4) is 0 Å². The Balaban J connectivity index is 3.27. The molecule has 0 saturated heterocycles. The molecular formula is C9H10BrClO4S. The number of hydrogen-bond donors (Lipinski definition) is 2. The SMILES string of the molecule is O=S(=O)(Cl)c1cc(Br)cc(CCCO)c1O. The number of aryl methyl sites for hydroxylation is 1. The summed E-state index contributed by atoms with van der Waals surface area (Å²) in [6.07, 6.45) is 0.812. The lowest BCUT2D eigenvalue weighted by Gasteiger charge is -2.08. The van der Waals surface area contributed by atoms with Crippen molar-refractivity contribution in [1.29, 1.82) is 0 Å². The lowest BCUT2D eigenvalue weighted by molar-refractivity contribution is 0.288. The van der Waals surface area contributed by atoms with Crippen LogP contribution < -0.4 is 0 Å². The van der Waals surface area contributed by atoms with E-state index in [1.54, 1.807) is 6.07 Å². The van der Waals surface area contributed by atoms with Gasteiger partial charge in [0.15, 0.2) is 0 Å². The second kappa shape index (κ2) is 5.35. The highest BCUT2D eigenvalue weighted by atomic mass is 79.9. The third-order valence-corrected chi connectivity index (χ3v) is 3.78. The fourth-order valence-electron chi connectivity index (χ4n) is 1.27. The smallest absolute Gasteiger partial charge is 0.265 e. The molecule has 1 aromatic carbocycles. The number of phenols is 1. The number of aliphatic hydroxyl groups is 1. The second-order valence-corrected chi connectivity index (χ2v) is 6.63. The highest BCUT2D eigenvalue weighted by molar-refractivity contribution is 9.10. The Labute approximate surface area is 106 Å². The van der Waals surface area contributed by atoms with E-state index in [0.717, 1.165) is 0 Å². The van der Waals surface area contributed by atoms with Gasteiger partial charge in [-0.3, -0.25) is 0 Å². The first-order valence-electron chi connectivity index (χ1n) is 4.43. The van der Waals surface area contributed by atoms with Crippen molar-refractivity contribution in [1.82, 2.24) is 0 Å². The second-order valence-electron chi connectivity index (χ2n) is 3.18. The molecule has 0 saturated carbocycles. The van der Waals surface area contributed by atoms with Crippen LogP contribution in [0.4, 0.5) is 0 Å². The maximum atomic E-state index is 11.2. The minimum absolute atomic E-state index is 0.0328. The molecule has 0 aliphatic rings. The standard InChI is InChI=1S/C9H10BrClO4S/c10-7-4-6(2-1-3-12)9(13)8(5-7)16(11,14)15/h4-5,12-13H,1-3H2. The third-order valence-electron chi connectivity index (χ3n) is 1.99. The highest BCUT2D eigenvalue weighted by Gasteiger charge is 2.19. The number of aromatic hydroxyl groups is 1. The summed E-state index contributed by atoms with van der Waals surface area (Å²) in [5.74, 6) is -0.355. The van der Waals surface area contributed by atoms with E-state index < -0.39 is 9.05 Å². The Hall–Kier alpha value is -0.300. The summed E-state index contributed by atoms with van der Waals surface area (Å²) in [6, 6.07) is 2.83. The topological polar surface area (TPSA) is 74.6 Å². The van der Waals surface area contributed by atoms with Crippen LogP contribution in [0.25, 0.3) is 0 Å². The van der Waals surface area contributed by atoms with Crippen LogP contribution in [0.1, 0.15) is 12.0 Å². The zero-order valence-electron chi connectivity index (χ0n) is 8.15. The van der Waals surface area contributed by atoms with Gasteiger partial charge >= 0.3 is 0 Å². The van der Waals surface area contributed by atoms with Crippen molar-refractivity contribution >= 4 is 35.7 Å². The van der Waals surface area contributed by atoms with E-state index >= 15 is 0 Å². The van der Waals surface area contributed by atoms with Crippen LogP contribution in [-0.2, 0) is 15.5 Å². The molecule has 0 spiro atoms. The van der Waals surface area contributed by atoms with Gasteiger partial charge in [-0.15, -0.1) is 0 Å². The molecule has 4 nitrogen and oxygen atoms in total. The Morgan fingerprint density at radius 1 is 1.38 bits per heavy atom. The summed E-state index contributed by atoms with van der Waals surface area (Å²) in [6.45, 7) is -0.0328. The molecule has 0 unspecified atom stereocenters. The van der Waals surface area contributed by atoms with Crippen LogP contribution in [-0.4, -0.2) is 25.2 Å². The minimum Gasteiger partial charge on any atom is -0.506 e. The number of rotatable bonds is 4. The van der Waals surface area contributed by atoms with Gasteiger partial charge in [-0.2, -0.15) is 0 Å². The molecule has 0 radical (unpaired) electrons. The first-order chi connectivity index (χ1) is 7.36. The first-order valence-corrected chi connectivity index (χ1v) is 7.53. The molecule has 90 valence electrons. The summed E-state index contributed by atoms with van der Waals surface area (Å²) in [7, 11) is 1.21. The van der Waals surface area contributed by atoms with Gasteiger partial charge < -0.3 is 10.2 Å². The summed E-state index contributed by atoms with van der Waals surface area (Å²) < 4.78 is 22.8. The molecule has 1 rings (SSSR count). The Kier molecular flexibility index (Phi) is 4.61. The molecule has 16 heavy (non-hydrogen) atoms. The Bertz CT molecular complexity index is 487. The van der Waals surface area contributed by atoms with Gasteiger partial charge in [0.2, 0.25) is 0 Å². The summed E-state index contributed by atoms with van der Waals surface area (Å²) in [4.78, 5) is -0.323. The van der Waals surface area contributed by atoms with Crippen LogP contribution in [0.2, 0.25) is 0 Å². The molecule has 0 amide bonds. The van der Waals surface area contributed by atoms with E-state index in [4.69, 9.17) is 15.8 Å². The van der Waals surface area contributed by atoms with Gasteiger partial charge in [0.25, 0.3) is 9.05 Å². The van der Waals surface area contributed by atoms with Gasteiger partial charge in [0.05, 0.1) is 0 Å². The predicted octanol–water partition coefficient (Wildman–Crippen LogP) is 2.01. The molecule has 0 heterocycles. The van der Waals surface area contributed by atoms with E-state index in [1.165, 1.54) is 6.07 Å². The van der Waals surface area contributed by atoms with E-state index in [2.05, 4.69) is 15.9 Å². The minimum atomic E-state index is -3.97. The van der Waals surface area contributed by atoms with E-state index in [0.29, 0.717) is 22.9 Å². The van der Waals surface area contributed by atoms with E-state index in [-0.39, 0.29) is 17.3 Å². The maximum Gasteiger partial charge on any atom is 0.265 e. The molecule has 0 bridgehead atoms. The maximum absolute atomic E-state index is 11.2. The Morgan fingerprint density at radius 3 is 2.50 bits per heavy atom. The van der Waals surface area contributed by atoms with Gasteiger partial charge in [-0.1, -0.05) is 15.9 Å². The number of benzene rings is 1. The summed E-state index contributed by atoms with van der Waals surface area (Å²) in [5, 5.41) is 18.4. The molecule has 0 aliphatic carbocycles. The fraction of sp³-hybridized carbons (Fsp3) is 0.333.